The highest BCUT2D eigenvalue weighted by Crippen LogP contribution is 2.14. The highest BCUT2D eigenvalue weighted by molar-refractivity contribution is 5.84. The van der Waals surface area contributed by atoms with E-state index < -0.39 is 6.09 Å². The molecule has 1 amide bonds. The molecule has 0 fully saturated rings. The predicted molar refractivity (Wildman–Crippen MR) is 61.2 cm³/mol. The molecule has 4 heteroatoms. The topological polar surface area (TPSA) is 58.6 Å². The minimum absolute atomic E-state index is 0.187. The Hall–Kier alpha value is -1.99. The van der Waals surface area contributed by atoms with Crippen LogP contribution < -0.4 is 5.32 Å². The Kier molecular flexibility index (Phi) is 4.37. The molecule has 0 saturated heterocycles. The van der Waals surface area contributed by atoms with Crippen molar-refractivity contribution in [1.29, 1.82) is 0 Å². The van der Waals surface area contributed by atoms with Crippen LogP contribution in [0.5, 0.6) is 0 Å². The molecule has 1 rings (SSSR count). The highest BCUT2D eigenvalue weighted by Gasteiger charge is 2.01. The second-order valence-corrected chi connectivity index (χ2v) is 3.16. The van der Waals surface area contributed by atoms with Crippen molar-refractivity contribution in [3.8, 4) is 11.8 Å². The van der Waals surface area contributed by atoms with Crippen LogP contribution in [0.2, 0.25) is 0 Å². The highest BCUT2D eigenvalue weighted by atomic mass is 16.5. The summed E-state index contributed by atoms with van der Waals surface area (Å²) in [6, 6.07) is 5.39. The van der Waals surface area contributed by atoms with Crippen LogP contribution in [-0.2, 0) is 4.74 Å². The van der Waals surface area contributed by atoms with Gasteiger partial charge in [0.2, 0.25) is 0 Å². The van der Waals surface area contributed by atoms with Crippen molar-refractivity contribution < 1.29 is 14.6 Å². The molecule has 0 aliphatic heterocycles. The van der Waals surface area contributed by atoms with Gasteiger partial charge in [0.05, 0.1) is 7.11 Å². The average molecular weight is 219 g/mol. The van der Waals surface area contributed by atoms with Crippen molar-refractivity contribution in [2.45, 2.75) is 6.92 Å². The molecule has 1 aromatic carbocycles. The molecule has 0 bridgehead atoms. The number of aryl methyl sites for hydroxylation is 1. The van der Waals surface area contributed by atoms with Gasteiger partial charge in [-0.15, -0.1) is 0 Å². The number of anilines is 1. The first-order chi connectivity index (χ1) is 7.65. The Labute approximate surface area is 94.2 Å². The van der Waals surface area contributed by atoms with Gasteiger partial charge in [-0.05, 0) is 30.7 Å². The summed E-state index contributed by atoms with van der Waals surface area (Å²) >= 11 is 0. The Morgan fingerprint density at radius 1 is 1.50 bits per heavy atom. The maximum absolute atomic E-state index is 11.0. The zero-order valence-electron chi connectivity index (χ0n) is 9.20. The number of hydrogen-bond donors (Lipinski definition) is 2. The Morgan fingerprint density at radius 3 is 2.88 bits per heavy atom. The largest absolute Gasteiger partial charge is 0.453 e. The number of benzene rings is 1. The van der Waals surface area contributed by atoms with Gasteiger partial charge >= 0.3 is 6.09 Å². The van der Waals surface area contributed by atoms with Gasteiger partial charge in [-0.2, -0.15) is 0 Å². The summed E-state index contributed by atoms with van der Waals surface area (Å²) in [4.78, 5) is 11.0. The molecule has 0 unspecified atom stereocenters. The molecule has 0 aromatic heterocycles. The number of amides is 1. The van der Waals surface area contributed by atoms with Gasteiger partial charge < -0.3 is 9.84 Å². The maximum Gasteiger partial charge on any atom is 0.411 e. The molecule has 4 nitrogen and oxygen atoms in total. The average Bonchev–Trinajstić information content (AvgIpc) is 2.25. The van der Waals surface area contributed by atoms with E-state index in [0.29, 0.717) is 5.69 Å². The van der Waals surface area contributed by atoms with Crippen LogP contribution in [0.1, 0.15) is 11.1 Å². The van der Waals surface area contributed by atoms with E-state index >= 15 is 0 Å². The van der Waals surface area contributed by atoms with Crippen molar-refractivity contribution in [2.75, 3.05) is 19.0 Å². The van der Waals surface area contributed by atoms with Crippen LogP contribution in [0.25, 0.3) is 0 Å². The smallest absolute Gasteiger partial charge is 0.411 e. The molecule has 0 aliphatic carbocycles. The second-order valence-electron chi connectivity index (χ2n) is 3.16. The number of aliphatic hydroxyl groups excluding tert-OH is 1. The zero-order valence-corrected chi connectivity index (χ0v) is 9.20. The number of nitrogens with one attached hydrogen (secondary N) is 1. The van der Waals surface area contributed by atoms with E-state index in [1.54, 1.807) is 12.1 Å². The lowest BCUT2D eigenvalue weighted by Gasteiger charge is -2.05. The van der Waals surface area contributed by atoms with E-state index in [1.807, 2.05) is 13.0 Å². The third-order valence-electron chi connectivity index (χ3n) is 1.82. The van der Waals surface area contributed by atoms with Crippen molar-refractivity contribution in [3.63, 3.8) is 0 Å². The summed E-state index contributed by atoms with van der Waals surface area (Å²) in [5, 5.41) is 11.1. The van der Waals surface area contributed by atoms with Gasteiger partial charge in [-0.3, -0.25) is 5.32 Å². The SMILES string of the molecule is COC(=O)Nc1cc(C)cc(C#CCO)c1. The maximum atomic E-state index is 11.0. The summed E-state index contributed by atoms with van der Waals surface area (Å²) < 4.78 is 4.49. The van der Waals surface area contributed by atoms with Crippen molar-refractivity contribution in [3.05, 3.63) is 29.3 Å². The molecule has 0 aliphatic rings. The number of carbonyl (C=O) groups is 1. The van der Waals surface area contributed by atoms with Crippen LogP contribution in [0.3, 0.4) is 0 Å². The standard InChI is InChI=1S/C12H13NO3/c1-9-6-10(4-3-5-14)8-11(7-9)13-12(15)16-2/h6-8,14H,5H2,1-2H3,(H,13,15). The number of carbonyl (C=O) groups excluding carboxylic acids is 1. The zero-order chi connectivity index (χ0) is 12.0. The first kappa shape index (κ1) is 12.1. The fourth-order valence-electron chi connectivity index (χ4n) is 1.24. The van der Waals surface area contributed by atoms with E-state index in [1.165, 1.54) is 7.11 Å². The van der Waals surface area contributed by atoms with Crippen LogP contribution >= 0.6 is 0 Å². The van der Waals surface area contributed by atoms with Gasteiger partial charge in [0.1, 0.15) is 6.61 Å². The lowest BCUT2D eigenvalue weighted by atomic mass is 10.1. The van der Waals surface area contributed by atoms with Crippen LogP contribution in [0.4, 0.5) is 10.5 Å². The van der Waals surface area contributed by atoms with Gasteiger partial charge in [-0.1, -0.05) is 11.8 Å². The van der Waals surface area contributed by atoms with Crippen molar-refractivity contribution in [1.82, 2.24) is 0 Å². The first-order valence-corrected chi connectivity index (χ1v) is 4.72. The molecule has 16 heavy (non-hydrogen) atoms. The van der Waals surface area contributed by atoms with E-state index in [0.717, 1.165) is 11.1 Å². The molecule has 0 spiro atoms. The minimum atomic E-state index is -0.522. The predicted octanol–water partition coefficient (Wildman–Crippen LogP) is 1.52. The Bertz CT molecular complexity index is 443. The quantitative estimate of drug-likeness (QED) is 0.704. The summed E-state index contributed by atoms with van der Waals surface area (Å²) in [6.45, 7) is 1.71. The molecule has 0 atom stereocenters. The van der Waals surface area contributed by atoms with E-state index in [9.17, 15) is 4.79 Å². The van der Waals surface area contributed by atoms with E-state index in [4.69, 9.17) is 5.11 Å². The summed E-state index contributed by atoms with van der Waals surface area (Å²) in [5.74, 6) is 5.32. The third kappa shape index (κ3) is 3.64. The fraction of sp³-hybridized carbons (Fsp3) is 0.250. The third-order valence-corrected chi connectivity index (χ3v) is 1.82. The van der Waals surface area contributed by atoms with Crippen LogP contribution in [-0.4, -0.2) is 24.9 Å². The fourth-order valence-corrected chi connectivity index (χ4v) is 1.24. The Balaban J connectivity index is 2.94. The molecule has 0 heterocycles. The summed E-state index contributed by atoms with van der Waals surface area (Å²) in [6.07, 6.45) is -0.522. The normalized spacial score (nSPS) is 8.94. The second kappa shape index (κ2) is 5.79. The monoisotopic (exact) mass is 219 g/mol. The lowest BCUT2D eigenvalue weighted by Crippen LogP contribution is -2.11. The molecular formula is C12H13NO3. The first-order valence-electron chi connectivity index (χ1n) is 4.72. The molecule has 0 radical (unpaired) electrons. The molecule has 84 valence electrons. The number of hydrogen-bond acceptors (Lipinski definition) is 3. The summed E-state index contributed by atoms with van der Waals surface area (Å²) in [7, 11) is 1.30. The number of aliphatic hydroxyl groups is 1. The molecular weight excluding hydrogens is 206 g/mol. The van der Waals surface area contributed by atoms with Gasteiger partial charge in [0.25, 0.3) is 0 Å². The van der Waals surface area contributed by atoms with E-state index in [2.05, 4.69) is 21.9 Å². The van der Waals surface area contributed by atoms with Gasteiger partial charge in [0.15, 0.2) is 0 Å². The molecule has 0 saturated carbocycles. The van der Waals surface area contributed by atoms with Gasteiger partial charge in [0, 0.05) is 11.3 Å². The molecule has 2 N–H and O–H groups in total. The lowest BCUT2D eigenvalue weighted by molar-refractivity contribution is 0.187. The molecule has 1 aromatic rings. The number of methoxy groups -OCH3 is 1. The summed E-state index contributed by atoms with van der Waals surface area (Å²) in [5.41, 5.74) is 2.32. The van der Waals surface area contributed by atoms with Gasteiger partial charge in [-0.25, -0.2) is 4.79 Å². The van der Waals surface area contributed by atoms with Crippen molar-refractivity contribution >= 4 is 11.8 Å². The Morgan fingerprint density at radius 2 is 2.25 bits per heavy atom. The van der Waals surface area contributed by atoms with Crippen molar-refractivity contribution in [2.24, 2.45) is 0 Å². The van der Waals surface area contributed by atoms with Crippen LogP contribution in [0.15, 0.2) is 18.2 Å². The number of rotatable bonds is 1. The van der Waals surface area contributed by atoms with Crippen LogP contribution in [0, 0.1) is 18.8 Å². The van der Waals surface area contributed by atoms with E-state index in [-0.39, 0.29) is 6.61 Å². The minimum Gasteiger partial charge on any atom is -0.453 e. The number of ether oxygens (including phenoxy) is 1.